The molecule has 1 nitrogen and oxygen atoms in total. The Labute approximate surface area is 96.6 Å². The van der Waals surface area contributed by atoms with Gasteiger partial charge in [0.2, 0.25) is 0 Å². The van der Waals surface area contributed by atoms with Crippen molar-refractivity contribution in [1.29, 1.82) is 0 Å². The summed E-state index contributed by atoms with van der Waals surface area (Å²) in [6.07, 6.45) is 15.5. The van der Waals surface area contributed by atoms with Gasteiger partial charge in [-0.3, -0.25) is 0 Å². The van der Waals surface area contributed by atoms with Gasteiger partial charge in [-0.05, 0) is 19.5 Å². The molecule has 0 saturated heterocycles. The number of allylic oxidation sites excluding steroid dienone is 1. The summed E-state index contributed by atoms with van der Waals surface area (Å²) in [5.74, 6) is 0. The van der Waals surface area contributed by atoms with Gasteiger partial charge < -0.3 is 4.90 Å². The van der Waals surface area contributed by atoms with Crippen LogP contribution in [0.2, 0.25) is 0 Å². The van der Waals surface area contributed by atoms with E-state index in [0.29, 0.717) is 0 Å². The molecular formula is C14H29N. The van der Waals surface area contributed by atoms with Gasteiger partial charge in [0, 0.05) is 13.6 Å². The van der Waals surface area contributed by atoms with Crippen LogP contribution in [0, 0.1) is 0 Å². The molecule has 15 heavy (non-hydrogen) atoms. The van der Waals surface area contributed by atoms with Crippen LogP contribution in [0.15, 0.2) is 12.3 Å². The summed E-state index contributed by atoms with van der Waals surface area (Å²) in [5, 5.41) is 0. The monoisotopic (exact) mass is 211 g/mol. The Morgan fingerprint density at radius 3 is 1.93 bits per heavy atom. The molecule has 0 atom stereocenters. The second kappa shape index (κ2) is 11.6. The highest BCUT2D eigenvalue weighted by Gasteiger charge is 1.93. The van der Waals surface area contributed by atoms with Gasteiger partial charge in [0.05, 0.1) is 0 Å². The topological polar surface area (TPSA) is 3.24 Å². The van der Waals surface area contributed by atoms with Crippen LogP contribution in [0.3, 0.4) is 0 Å². The predicted molar refractivity (Wildman–Crippen MR) is 70.1 cm³/mol. The molecule has 0 unspecified atom stereocenters. The largest absolute Gasteiger partial charge is 0.381 e. The maximum Gasteiger partial charge on any atom is 0.0169 e. The zero-order valence-corrected chi connectivity index (χ0v) is 11.0. The highest BCUT2D eigenvalue weighted by molar-refractivity contribution is 4.75. The Hall–Kier alpha value is -0.460. The minimum absolute atomic E-state index is 1.21. The Bertz CT molecular complexity index is 140. The van der Waals surface area contributed by atoms with Crippen molar-refractivity contribution in [2.24, 2.45) is 0 Å². The fourth-order valence-electron chi connectivity index (χ4n) is 1.82. The Morgan fingerprint density at radius 2 is 1.40 bits per heavy atom. The molecule has 0 radical (unpaired) electrons. The van der Waals surface area contributed by atoms with E-state index in [0.717, 1.165) is 0 Å². The second-order valence-electron chi connectivity index (χ2n) is 4.44. The van der Waals surface area contributed by atoms with E-state index >= 15 is 0 Å². The summed E-state index contributed by atoms with van der Waals surface area (Å²) in [5.41, 5.74) is 0. The minimum Gasteiger partial charge on any atom is -0.381 e. The third kappa shape index (κ3) is 11.5. The Balaban J connectivity index is 3.04. The third-order valence-electron chi connectivity index (χ3n) is 2.77. The van der Waals surface area contributed by atoms with E-state index in [1.165, 1.54) is 57.9 Å². The van der Waals surface area contributed by atoms with Gasteiger partial charge in [-0.2, -0.15) is 0 Å². The molecule has 0 N–H and O–H groups in total. The van der Waals surface area contributed by atoms with Crippen molar-refractivity contribution in [3.63, 3.8) is 0 Å². The first-order valence-electron chi connectivity index (χ1n) is 6.64. The number of unbranched alkanes of at least 4 members (excludes halogenated alkanes) is 7. The molecule has 0 fully saturated rings. The van der Waals surface area contributed by atoms with Gasteiger partial charge in [0.15, 0.2) is 0 Å². The lowest BCUT2D eigenvalue weighted by Crippen LogP contribution is -2.11. The first-order valence-corrected chi connectivity index (χ1v) is 6.64. The third-order valence-corrected chi connectivity index (χ3v) is 2.77. The van der Waals surface area contributed by atoms with E-state index in [4.69, 9.17) is 0 Å². The highest BCUT2D eigenvalue weighted by atomic mass is 15.1. The van der Waals surface area contributed by atoms with Crippen molar-refractivity contribution < 1.29 is 0 Å². The number of hydrogen-bond acceptors (Lipinski definition) is 1. The maximum absolute atomic E-state index is 2.27. The van der Waals surface area contributed by atoms with E-state index in [2.05, 4.69) is 38.1 Å². The van der Waals surface area contributed by atoms with E-state index in [1.54, 1.807) is 0 Å². The van der Waals surface area contributed by atoms with Crippen molar-refractivity contribution in [2.45, 2.75) is 65.2 Å². The maximum atomic E-state index is 2.27. The molecule has 0 spiro atoms. The molecule has 0 aromatic rings. The van der Waals surface area contributed by atoms with Crippen molar-refractivity contribution in [3.8, 4) is 0 Å². The van der Waals surface area contributed by atoms with Gasteiger partial charge in [0.1, 0.15) is 0 Å². The lowest BCUT2D eigenvalue weighted by Gasteiger charge is -2.12. The van der Waals surface area contributed by atoms with Crippen LogP contribution in [-0.2, 0) is 0 Å². The van der Waals surface area contributed by atoms with Gasteiger partial charge in [-0.15, -0.1) is 0 Å². The smallest absolute Gasteiger partial charge is 0.0169 e. The molecule has 1 heteroatoms. The molecule has 0 aliphatic heterocycles. The fourth-order valence-corrected chi connectivity index (χ4v) is 1.82. The van der Waals surface area contributed by atoms with Crippen LogP contribution in [0.1, 0.15) is 65.2 Å². The van der Waals surface area contributed by atoms with Crippen molar-refractivity contribution in [3.05, 3.63) is 12.3 Å². The van der Waals surface area contributed by atoms with E-state index in [9.17, 15) is 0 Å². The number of rotatable bonds is 10. The molecule has 0 rings (SSSR count). The van der Waals surface area contributed by atoms with Crippen molar-refractivity contribution in [2.75, 3.05) is 13.6 Å². The highest BCUT2D eigenvalue weighted by Crippen LogP contribution is 2.08. The van der Waals surface area contributed by atoms with Gasteiger partial charge >= 0.3 is 0 Å². The second-order valence-corrected chi connectivity index (χ2v) is 4.44. The summed E-state index contributed by atoms with van der Waals surface area (Å²) in [7, 11) is 2.15. The number of hydrogen-bond donors (Lipinski definition) is 0. The summed E-state index contributed by atoms with van der Waals surface area (Å²) < 4.78 is 0. The van der Waals surface area contributed by atoms with Crippen LogP contribution in [0.25, 0.3) is 0 Å². The van der Waals surface area contributed by atoms with Crippen LogP contribution < -0.4 is 0 Å². The Morgan fingerprint density at radius 1 is 0.867 bits per heavy atom. The first kappa shape index (κ1) is 14.5. The molecule has 0 aromatic carbocycles. The van der Waals surface area contributed by atoms with Crippen LogP contribution in [0.5, 0.6) is 0 Å². The summed E-state index contributed by atoms with van der Waals surface area (Å²) in [6.45, 7) is 5.56. The standard InChI is InChI=1S/C14H29N/c1-4-6-7-8-9-10-11-12-14-15(3)13-5-2/h5,13H,4,6-12,14H2,1-3H3. The molecule has 0 heterocycles. The lowest BCUT2D eigenvalue weighted by molar-refractivity contribution is 0.427. The van der Waals surface area contributed by atoms with Gasteiger partial charge in [0.25, 0.3) is 0 Å². The molecule has 0 bridgehead atoms. The molecule has 0 aromatic heterocycles. The van der Waals surface area contributed by atoms with Gasteiger partial charge in [-0.1, -0.05) is 57.9 Å². The lowest BCUT2D eigenvalue weighted by atomic mass is 10.1. The van der Waals surface area contributed by atoms with Crippen molar-refractivity contribution >= 4 is 0 Å². The average molecular weight is 211 g/mol. The minimum atomic E-state index is 1.21. The molecular weight excluding hydrogens is 182 g/mol. The van der Waals surface area contributed by atoms with Crippen LogP contribution in [-0.4, -0.2) is 18.5 Å². The SMILES string of the molecule is CC=CN(C)CCCCCCCCCC. The first-order chi connectivity index (χ1) is 7.31. The van der Waals surface area contributed by atoms with E-state index < -0.39 is 0 Å². The van der Waals surface area contributed by atoms with Crippen LogP contribution >= 0.6 is 0 Å². The van der Waals surface area contributed by atoms with Crippen molar-refractivity contribution in [1.82, 2.24) is 4.90 Å². The quantitative estimate of drug-likeness (QED) is 0.478. The fraction of sp³-hybridized carbons (Fsp3) is 0.857. The molecule has 0 aliphatic rings. The number of nitrogens with zero attached hydrogens (tertiary/aromatic N) is 1. The zero-order chi connectivity index (χ0) is 11.4. The Kier molecular flexibility index (Phi) is 11.3. The predicted octanol–water partition coefficient (Wildman–Crippen LogP) is 4.59. The average Bonchev–Trinajstić information content (AvgIpc) is 2.22. The van der Waals surface area contributed by atoms with Crippen LogP contribution in [0.4, 0.5) is 0 Å². The van der Waals surface area contributed by atoms with E-state index in [-0.39, 0.29) is 0 Å². The normalized spacial score (nSPS) is 11.1. The van der Waals surface area contributed by atoms with E-state index in [1.807, 2.05) is 0 Å². The summed E-state index contributed by atoms with van der Waals surface area (Å²) in [6, 6.07) is 0. The summed E-state index contributed by atoms with van der Waals surface area (Å²) in [4.78, 5) is 2.27. The zero-order valence-electron chi connectivity index (χ0n) is 11.0. The molecule has 0 amide bonds. The molecule has 0 aliphatic carbocycles. The molecule has 90 valence electrons. The summed E-state index contributed by atoms with van der Waals surface area (Å²) >= 11 is 0. The molecule has 0 saturated carbocycles. The van der Waals surface area contributed by atoms with Gasteiger partial charge in [-0.25, -0.2) is 0 Å².